The van der Waals surface area contributed by atoms with Gasteiger partial charge in [-0.05, 0) is 90.1 Å². The second kappa shape index (κ2) is 11.0. The second-order valence-corrected chi connectivity index (χ2v) is 12.6. The number of carbonyl (C=O) groups is 1. The van der Waals surface area contributed by atoms with E-state index in [2.05, 4.69) is 29.0 Å². The van der Waals surface area contributed by atoms with Crippen molar-refractivity contribution in [1.29, 1.82) is 0 Å². The number of sulfonamides is 1. The maximum atomic E-state index is 13.7. The van der Waals surface area contributed by atoms with Crippen LogP contribution in [0.2, 0.25) is 0 Å². The van der Waals surface area contributed by atoms with Crippen LogP contribution in [0.3, 0.4) is 0 Å². The molecule has 190 valence electrons. The van der Waals surface area contributed by atoms with E-state index >= 15 is 0 Å². The molecule has 0 spiro atoms. The zero-order valence-electron chi connectivity index (χ0n) is 21.0. The Morgan fingerprint density at radius 3 is 2.03 bits per heavy atom. The lowest BCUT2D eigenvalue weighted by Crippen LogP contribution is -2.53. The van der Waals surface area contributed by atoms with Crippen molar-refractivity contribution in [1.82, 2.24) is 14.5 Å². The first kappa shape index (κ1) is 25.5. The summed E-state index contributed by atoms with van der Waals surface area (Å²) in [6.07, 6.45) is 9.84. The van der Waals surface area contributed by atoms with E-state index in [1.165, 1.54) is 25.7 Å². The fourth-order valence-corrected chi connectivity index (χ4v) is 7.27. The third-order valence-corrected chi connectivity index (χ3v) is 9.67. The zero-order valence-corrected chi connectivity index (χ0v) is 21.8. The number of nitrogens with one attached hydrogen (secondary N) is 1. The normalized spacial score (nSPS) is 21.4. The summed E-state index contributed by atoms with van der Waals surface area (Å²) in [4.78, 5) is 18.1. The molecule has 1 aromatic carbocycles. The van der Waals surface area contributed by atoms with E-state index < -0.39 is 10.0 Å². The zero-order chi connectivity index (χ0) is 24.2. The van der Waals surface area contributed by atoms with E-state index in [1.54, 1.807) is 16.4 Å². The molecule has 1 aromatic rings. The van der Waals surface area contributed by atoms with Crippen LogP contribution in [0.4, 0.5) is 5.69 Å². The van der Waals surface area contributed by atoms with Crippen LogP contribution in [-0.2, 0) is 10.0 Å². The Labute approximate surface area is 205 Å². The lowest BCUT2D eigenvalue weighted by Gasteiger charge is -2.41. The van der Waals surface area contributed by atoms with Gasteiger partial charge in [0, 0.05) is 43.8 Å². The first-order valence-corrected chi connectivity index (χ1v) is 14.7. The summed E-state index contributed by atoms with van der Waals surface area (Å²) in [5.74, 6) is -0.203. The van der Waals surface area contributed by atoms with Crippen LogP contribution < -0.4 is 10.2 Å². The van der Waals surface area contributed by atoms with E-state index in [0.29, 0.717) is 30.1 Å². The summed E-state index contributed by atoms with van der Waals surface area (Å²) in [5, 5.41) is 3.09. The molecule has 34 heavy (non-hydrogen) atoms. The van der Waals surface area contributed by atoms with Gasteiger partial charge in [0.25, 0.3) is 5.91 Å². The number of rotatable bonds is 7. The highest BCUT2D eigenvalue weighted by Crippen LogP contribution is 2.32. The first-order valence-electron chi connectivity index (χ1n) is 13.2. The minimum Gasteiger partial charge on any atom is -0.370 e. The van der Waals surface area contributed by atoms with E-state index in [9.17, 15) is 13.2 Å². The molecule has 1 N–H and O–H groups in total. The molecule has 1 amide bonds. The lowest BCUT2D eigenvalue weighted by atomic mass is 9.98. The monoisotopic (exact) mass is 490 g/mol. The Morgan fingerprint density at radius 1 is 0.853 bits per heavy atom. The molecule has 7 nitrogen and oxygen atoms in total. The predicted octanol–water partition coefficient (Wildman–Crippen LogP) is 3.85. The minimum absolute atomic E-state index is 0.132. The third-order valence-electron chi connectivity index (χ3n) is 7.75. The van der Waals surface area contributed by atoms with Crippen LogP contribution in [0.1, 0.15) is 82.0 Å². The number of likely N-dealkylation sites (tertiary alicyclic amines) is 1. The van der Waals surface area contributed by atoms with E-state index in [1.807, 2.05) is 6.07 Å². The third kappa shape index (κ3) is 5.77. The van der Waals surface area contributed by atoms with E-state index in [4.69, 9.17) is 0 Å². The van der Waals surface area contributed by atoms with E-state index in [0.717, 1.165) is 64.0 Å². The fourth-order valence-electron chi connectivity index (χ4n) is 5.51. The molecule has 3 saturated heterocycles. The standard InChI is InChI=1S/C26H42N4O3S/c1-26(2,29-16-8-4-9-17-29)21-27-25(31)22-12-13-23(28-14-6-3-7-15-28)24(20-22)34(32,33)30-18-10-5-11-19-30/h12-13,20H,3-11,14-19,21H2,1-2H3,(H,27,31). The van der Waals surface area contributed by atoms with Crippen molar-refractivity contribution < 1.29 is 13.2 Å². The van der Waals surface area contributed by atoms with Gasteiger partial charge < -0.3 is 10.2 Å². The molecule has 4 rings (SSSR count). The van der Waals surface area contributed by atoms with Crippen molar-refractivity contribution in [2.75, 3.05) is 50.7 Å². The van der Waals surface area contributed by atoms with Gasteiger partial charge in [-0.25, -0.2) is 8.42 Å². The molecule has 0 saturated carbocycles. The number of hydrogen-bond donors (Lipinski definition) is 1. The van der Waals surface area contributed by atoms with Gasteiger partial charge in [0.2, 0.25) is 10.0 Å². The molecule has 0 unspecified atom stereocenters. The smallest absolute Gasteiger partial charge is 0.251 e. The summed E-state index contributed by atoms with van der Waals surface area (Å²) in [6, 6.07) is 5.27. The highest BCUT2D eigenvalue weighted by molar-refractivity contribution is 7.89. The topological polar surface area (TPSA) is 73.0 Å². The molecule has 0 radical (unpaired) electrons. The lowest BCUT2D eigenvalue weighted by molar-refractivity contribution is 0.0797. The molecule has 3 aliphatic heterocycles. The number of hydrogen-bond acceptors (Lipinski definition) is 5. The van der Waals surface area contributed by atoms with Crippen LogP contribution in [0.25, 0.3) is 0 Å². The van der Waals surface area contributed by atoms with Gasteiger partial charge in [0.15, 0.2) is 0 Å². The Hall–Kier alpha value is -1.64. The fraction of sp³-hybridized carbons (Fsp3) is 0.731. The Bertz CT molecular complexity index is 945. The number of amides is 1. The molecule has 0 aromatic heterocycles. The molecule has 3 fully saturated rings. The number of anilines is 1. The largest absolute Gasteiger partial charge is 0.370 e. The maximum Gasteiger partial charge on any atom is 0.251 e. The van der Waals surface area contributed by atoms with Crippen molar-refractivity contribution in [2.45, 2.75) is 82.1 Å². The molecule has 8 heteroatoms. The molecule has 0 bridgehead atoms. The maximum absolute atomic E-state index is 13.7. The average Bonchev–Trinajstić information content (AvgIpc) is 2.88. The van der Waals surface area contributed by atoms with Crippen LogP contribution in [-0.4, -0.2) is 74.9 Å². The second-order valence-electron chi connectivity index (χ2n) is 10.7. The summed E-state index contributed by atoms with van der Waals surface area (Å²) in [6.45, 7) is 9.83. The van der Waals surface area contributed by atoms with Crippen LogP contribution >= 0.6 is 0 Å². The van der Waals surface area contributed by atoms with Gasteiger partial charge in [-0.1, -0.05) is 12.8 Å². The first-order chi connectivity index (χ1) is 16.3. The number of benzene rings is 1. The molecule has 0 aliphatic carbocycles. The van der Waals surface area contributed by atoms with Crippen molar-refractivity contribution in [3.05, 3.63) is 23.8 Å². The summed E-state index contributed by atoms with van der Waals surface area (Å²) in [7, 11) is -3.66. The van der Waals surface area contributed by atoms with Gasteiger partial charge in [-0.2, -0.15) is 4.31 Å². The van der Waals surface area contributed by atoms with Crippen LogP contribution in [0.5, 0.6) is 0 Å². The Morgan fingerprint density at radius 2 is 1.41 bits per heavy atom. The van der Waals surface area contributed by atoms with Crippen molar-refractivity contribution >= 4 is 21.6 Å². The number of nitrogens with zero attached hydrogens (tertiary/aromatic N) is 3. The molecule has 3 heterocycles. The quantitative estimate of drug-likeness (QED) is 0.629. The average molecular weight is 491 g/mol. The van der Waals surface area contributed by atoms with Gasteiger partial charge in [-0.3, -0.25) is 9.69 Å². The summed E-state index contributed by atoms with van der Waals surface area (Å²) < 4.78 is 29.0. The minimum atomic E-state index is -3.66. The summed E-state index contributed by atoms with van der Waals surface area (Å²) >= 11 is 0. The van der Waals surface area contributed by atoms with Crippen LogP contribution in [0.15, 0.2) is 23.1 Å². The molecule has 3 aliphatic rings. The van der Waals surface area contributed by atoms with Crippen molar-refractivity contribution in [2.24, 2.45) is 0 Å². The highest BCUT2D eigenvalue weighted by atomic mass is 32.2. The predicted molar refractivity (Wildman–Crippen MR) is 137 cm³/mol. The SMILES string of the molecule is CC(C)(CNC(=O)c1ccc(N2CCCCC2)c(S(=O)(=O)N2CCCCC2)c1)N1CCCCC1. The molecular formula is C26H42N4O3S. The highest BCUT2D eigenvalue weighted by Gasteiger charge is 2.32. The number of piperidine rings is 3. The number of carbonyl (C=O) groups excluding carboxylic acids is 1. The Kier molecular flexibility index (Phi) is 8.20. The van der Waals surface area contributed by atoms with Gasteiger partial charge in [-0.15, -0.1) is 0 Å². The van der Waals surface area contributed by atoms with Gasteiger partial charge in [0.05, 0.1) is 5.69 Å². The molecular weight excluding hydrogens is 448 g/mol. The Balaban J connectivity index is 1.56. The van der Waals surface area contributed by atoms with Crippen molar-refractivity contribution in [3.8, 4) is 0 Å². The van der Waals surface area contributed by atoms with Crippen molar-refractivity contribution in [3.63, 3.8) is 0 Å². The van der Waals surface area contributed by atoms with Crippen LogP contribution in [0, 0.1) is 0 Å². The van der Waals surface area contributed by atoms with Gasteiger partial charge in [0.1, 0.15) is 4.90 Å². The molecule has 0 atom stereocenters. The summed E-state index contributed by atoms with van der Waals surface area (Å²) in [5.41, 5.74) is 1.04. The van der Waals surface area contributed by atoms with Gasteiger partial charge >= 0.3 is 0 Å². The van der Waals surface area contributed by atoms with E-state index in [-0.39, 0.29) is 11.4 Å².